The van der Waals surface area contributed by atoms with E-state index in [1.54, 1.807) is 0 Å². The number of benzene rings is 1. The summed E-state index contributed by atoms with van der Waals surface area (Å²) < 4.78 is 13.5. The normalized spacial score (nSPS) is 22.7. The Balaban J connectivity index is 2.37. The molecule has 1 unspecified atom stereocenters. The highest BCUT2D eigenvalue weighted by Gasteiger charge is 2.40. The smallest absolute Gasteiger partial charge is 0.170 e. The van der Waals surface area contributed by atoms with Crippen molar-refractivity contribution in [1.29, 1.82) is 0 Å². The monoisotopic (exact) mass is 285 g/mol. The fraction of sp³-hybridized carbons (Fsp3) is 0.500. The Hall–Kier alpha value is -1.13. The molecule has 1 fully saturated rings. The van der Waals surface area contributed by atoms with Crippen molar-refractivity contribution >= 4 is 17.4 Å². The number of aromatic hydroxyl groups is 1. The largest absolute Gasteiger partial charge is 0.504 e. The highest BCUT2D eigenvalue weighted by Crippen LogP contribution is 2.37. The predicted molar refractivity (Wildman–Crippen MR) is 72.2 cm³/mol. The lowest BCUT2D eigenvalue weighted by Gasteiger charge is -2.26. The van der Waals surface area contributed by atoms with Crippen molar-refractivity contribution in [2.24, 2.45) is 5.41 Å². The van der Waals surface area contributed by atoms with Gasteiger partial charge in [-0.05, 0) is 31.5 Å². The molecule has 104 valence electrons. The van der Waals surface area contributed by atoms with Crippen molar-refractivity contribution < 1.29 is 14.3 Å². The van der Waals surface area contributed by atoms with E-state index in [9.17, 15) is 14.3 Å². The van der Waals surface area contributed by atoms with E-state index in [1.165, 1.54) is 6.07 Å². The molecule has 0 saturated carbocycles. The number of phenols is 1. The van der Waals surface area contributed by atoms with Crippen molar-refractivity contribution in [3.05, 3.63) is 28.5 Å². The van der Waals surface area contributed by atoms with Crippen LogP contribution >= 0.6 is 11.6 Å². The van der Waals surface area contributed by atoms with Gasteiger partial charge < -0.3 is 10.4 Å². The van der Waals surface area contributed by atoms with Gasteiger partial charge >= 0.3 is 0 Å². The summed E-state index contributed by atoms with van der Waals surface area (Å²) in [5.74, 6) is -1.55. The summed E-state index contributed by atoms with van der Waals surface area (Å²) in [5.41, 5.74) is -0.237. The lowest BCUT2D eigenvalue weighted by Crippen LogP contribution is -2.33. The van der Waals surface area contributed by atoms with Gasteiger partial charge in [-0.25, -0.2) is 4.39 Å². The van der Waals surface area contributed by atoms with Crippen LogP contribution in [0.5, 0.6) is 5.75 Å². The zero-order valence-corrected chi connectivity index (χ0v) is 11.6. The maximum Gasteiger partial charge on any atom is 0.170 e. The molecule has 3 nitrogen and oxygen atoms in total. The molecule has 0 aromatic heterocycles. The summed E-state index contributed by atoms with van der Waals surface area (Å²) in [6, 6.07) is 2.41. The number of rotatable bonds is 4. The van der Waals surface area contributed by atoms with Crippen LogP contribution in [0.15, 0.2) is 12.1 Å². The number of hydrogen-bond donors (Lipinski definition) is 2. The number of hydrogen-bond acceptors (Lipinski definition) is 3. The molecule has 0 radical (unpaired) electrons. The molecular formula is C14H17ClFNO2. The van der Waals surface area contributed by atoms with Crippen LogP contribution in [-0.4, -0.2) is 24.0 Å². The molecule has 1 saturated heterocycles. The van der Waals surface area contributed by atoms with Crippen LogP contribution in [0.3, 0.4) is 0 Å². The van der Waals surface area contributed by atoms with Gasteiger partial charge in [-0.2, -0.15) is 0 Å². The number of Topliss-reactive ketones (excluding diaryl/α,β-unsaturated/α-hetero) is 1. The Morgan fingerprint density at radius 3 is 2.84 bits per heavy atom. The Kier molecular flexibility index (Phi) is 4.11. The van der Waals surface area contributed by atoms with Gasteiger partial charge in [-0.3, -0.25) is 4.79 Å². The van der Waals surface area contributed by atoms with Gasteiger partial charge in [0.25, 0.3) is 0 Å². The van der Waals surface area contributed by atoms with Gasteiger partial charge in [0.15, 0.2) is 17.3 Å². The Bertz CT molecular complexity index is 475. The Morgan fingerprint density at radius 1 is 1.58 bits per heavy atom. The molecule has 0 aliphatic carbocycles. The van der Waals surface area contributed by atoms with Crippen LogP contribution in [-0.2, 0) is 0 Å². The van der Waals surface area contributed by atoms with Crippen molar-refractivity contribution in [2.75, 3.05) is 13.1 Å². The summed E-state index contributed by atoms with van der Waals surface area (Å²) in [6.45, 7) is 3.43. The van der Waals surface area contributed by atoms with Crippen LogP contribution in [0.1, 0.15) is 36.5 Å². The molecule has 1 atom stereocenters. The molecule has 1 heterocycles. The van der Waals surface area contributed by atoms with E-state index >= 15 is 0 Å². The molecule has 0 amide bonds. The van der Waals surface area contributed by atoms with E-state index in [4.69, 9.17) is 11.6 Å². The number of ketones is 1. The van der Waals surface area contributed by atoms with Gasteiger partial charge in [-0.15, -0.1) is 0 Å². The van der Waals surface area contributed by atoms with Gasteiger partial charge in [0.05, 0.1) is 5.02 Å². The van der Waals surface area contributed by atoms with E-state index in [0.717, 1.165) is 31.9 Å². The molecular weight excluding hydrogens is 269 g/mol. The SMILES string of the molecule is CCCC1(C(=O)c2cc(F)c(O)c(Cl)c2)CCNC1. The number of halogens is 2. The lowest BCUT2D eigenvalue weighted by molar-refractivity contribution is 0.0801. The fourth-order valence-corrected chi connectivity index (χ4v) is 2.95. The topological polar surface area (TPSA) is 49.3 Å². The second-order valence-corrected chi connectivity index (χ2v) is 5.48. The predicted octanol–water partition coefficient (Wildman–Crippen LogP) is 3.15. The molecule has 1 aromatic rings. The second kappa shape index (κ2) is 5.47. The molecule has 1 aliphatic heterocycles. The zero-order valence-electron chi connectivity index (χ0n) is 10.8. The van der Waals surface area contributed by atoms with Crippen LogP contribution in [0.25, 0.3) is 0 Å². The second-order valence-electron chi connectivity index (χ2n) is 5.07. The summed E-state index contributed by atoms with van der Waals surface area (Å²) >= 11 is 5.73. The van der Waals surface area contributed by atoms with Gasteiger partial charge in [0, 0.05) is 17.5 Å². The Morgan fingerprint density at radius 2 is 2.32 bits per heavy atom. The van der Waals surface area contributed by atoms with Crippen LogP contribution < -0.4 is 5.32 Å². The quantitative estimate of drug-likeness (QED) is 0.836. The van der Waals surface area contributed by atoms with Gasteiger partial charge in [-0.1, -0.05) is 24.9 Å². The summed E-state index contributed by atoms with van der Waals surface area (Å²) in [4.78, 5) is 12.6. The van der Waals surface area contributed by atoms with E-state index in [0.29, 0.717) is 6.54 Å². The van der Waals surface area contributed by atoms with Crippen LogP contribution in [0.4, 0.5) is 4.39 Å². The molecule has 2 N–H and O–H groups in total. The minimum atomic E-state index is -0.853. The standard InChI is InChI=1S/C14H17ClFNO2/c1-2-3-14(4-5-17-8-14)13(19)9-6-10(15)12(18)11(16)7-9/h6-7,17-18H,2-5,8H2,1H3. The number of phenolic OH excluding ortho intramolecular Hbond substituents is 1. The molecule has 1 aromatic carbocycles. The maximum absolute atomic E-state index is 13.5. The van der Waals surface area contributed by atoms with E-state index < -0.39 is 17.0 Å². The minimum absolute atomic E-state index is 0.0971. The highest BCUT2D eigenvalue weighted by molar-refractivity contribution is 6.32. The third-order valence-electron chi connectivity index (χ3n) is 3.73. The summed E-state index contributed by atoms with van der Waals surface area (Å²) in [7, 11) is 0. The van der Waals surface area contributed by atoms with E-state index in [1.807, 2.05) is 6.92 Å². The third kappa shape index (κ3) is 2.60. The van der Waals surface area contributed by atoms with Crippen molar-refractivity contribution in [3.63, 3.8) is 0 Å². The maximum atomic E-state index is 13.5. The first-order chi connectivity index (χ1) is 9.00. The first-order valence-electron chi connectivity index (χ1n) is 6.44. The van der Waals surface area contributed by atoms with Gasteiger partial charge in [0.1, 0.15) is 0 Å². The molecule has 2 rings (SSSR count). The first-order valence-corrected chi connectivity index (χ1v) is 6.81. The number of carbonyl (C=O) groups excluding carboxylic acids is 1. The summed E-state index contributed by atoms with van der Waals surface area (Å²) in [6.07, 6.45) is 2.40. The molecule has 0 spiro atoms. The first kappa shape index (κ1) is 14.3. The van der Waals surface area contributed by atoms with Crippen LogP contribution in [0, 0.1) is 11.2 Å². The van der Waals surface area contributed by atoms with E-state index in [-0.39, 0.29) is 16.4 Å². The molecule has 5 heteroatoms. The zero-order chi connectivity index (χ0) is 14.0. The van der Waals surface area contributed by atoms with Crippen molar-refractivity contribution in [3.8, 4) is 5.75 Å². The molecule has 1 aliphatic rings. The third-order valence-corrected chi connectivity index (χ3v) is 4.02. The number of nitrogens with one attached hydrogen (secondary N) is 1. The van der Waals surface area contributed by atoms with Crippen molar-refractivity contribution in [2.45, 2.75) is 26.2 Å². The molecule has 0 bridgehead atoms. The Labute approximate surface area is 116 Å². The highest BCUT2D eigenvalue weighted by atomic mass is 35.5. The lowest BCUT2D eigenvalue weighted by atomic mass is 9.76. The average molecular weight is 286 g/mol. The molecule has 19 heavy (non-hydrogen) atoms. The van der Waals surface area contributed by atoms with Crippen LogP contribution in [0.2, 0.25) is 5.02 Å². The number of carbonyl (C=O) groups is 1. The van der Waals surface area contributed by atoms with Crippen molar-refractivity contribution in [1.82, 2.24) is 5.32 Å². The van der Waals surface area contributed by atoms with E-state index in [2.05, 4.69) is 5.32 Å². The van der Waals surface area contributed by atoms with Gasteiger partial charge in [0.2, 0.25) is 0 Å². The summed E-state index contributed by atoms with van der Waals surface area (Å²) in [5, 5.41) is 12.4. The average Bonchev–Trinajstić information content (AvgIpc) is 2.84. The fourth-order valence-electron chi connectivity index (χ4n) is 2.75. The minimum Gasteiger partial charge on any atom is -0.504 e.